The van der Waals surface area contributed by atoms with E-state index in [1.165, 1.54) is 0 Å². The largest absolute Gasteiger partial charge is 0.497 e. The number of rotatable bonds is 5. The maximum absolute atomic E-state index is 13.8. The van der Waals surface area contributed by atoms with Gasteiger partial charge in [-0.1, -0.05) is 13.3 Å². The normalized spacial score (nSPS) is 13.5. The Morgan fingerprint density at radius 1 is 1.06 bits per heavy atom. The summed E-state index contributed by atoms with van der Waals surface area (Å²) in [4.78, 5) is 22.1. The number of methoxy groups -OCH3 is 1. The third kappa shape index (κ3) is 3.45. The topological polar surface area (TPSA) is 63.5 Å². The molecule has 0 spiro atoms. The summed E-state index contributed by atoms with van der Waals surface area (Å²) in [6.45, 7) is 2.56. The molecule has 1 aliphatic heterocycles. The minimum absolute atomic E-state index is 0.110. The highest BCUT2D eigenvalue weighted by Crippen LogP contribution is 2.37. The number of nitrogens with zero attached hydrogens (tertiary/aromatic N) is 5. The zero-order valence-electron chi connectivity index (χ0n) is 18.4. The third-order valence-electron chi connectivity index (χ3n) is 5.76. The quantitative estimate of drug-likeness (QED) is 0.439. The monoisotopic (exact) mass is 427 g/mol. The van der Waals surface area contributed by atoms with Gasteiger partial charge in [-0.2, -0.15) is 5.10 Å². The zero-order valence-corrected chi connectivity index (χ0v) is 18.4. The first-order valence-electron chi connectivity index (χ1n) is 10.7. The highest BCUT2D eigenvalue weighted by molar-refractivity contribution is 6.11. The van der Waals surface area contributed by atoms with Crippen LogP contribution in [0.3, 0.4) is 0 Å². The highest BCUT2D eigenvalue weighted by Gasteiger charge is 2.33. The molecule has 0 unspecified atom stereocenters. The molecule has 1 aliphatic rings. The molecule has 0 saturated heterocycles. The minimum atomic E-state index is -0.110. The van der Waals surface area contributed by atoms with Gasteiger partial charge in [0.15, 0.2) is 0 Å². The first-order valence-corrected chi connectivity index (χ1v) is 10.7. The van der Waals surface area contributed by atoms with Gasteiger partial charge in [-0.25, -0.2) is 4.79 Å². The minimum Gasteiger partial charge on any atom is -0.497 e. The number of aryl methyl sites for hydroxylation is 2. The van der Waals surface area contributed by atoms with Gasteiger partial charge < -0.3 is 4.74 Å². The predicted octanol–water partition coefficient (Wildman–Crippen LogP) is 5.21. The van der Waals surface area contributed by atoms with E-state index < -0.39 is 0 Å². The van der Waals surface area contributed by atoms with E-state index in [1.807, 2.05) is 61.9 Å². The lowest BCUT2D eigenvalue weighted by Crippen LogP contribution is -2.45. The zero-order chi connectivity index (χ0) is 22.2. The van der Waals surface area contributed by atoms with E-state index in [0.717, 1.165) is 57.8 Å². The van der Waals surface area contributed by atoms with Crippen molar-refractivity contribution in [3.63, 3.8) is 0 Å². The van der Waals surface area contributed by atoms with Gasteiger partial charge in [0.1, 0.15) is 5.75 Å². The summed E-state index contributed by atoms with van der Waals surface area (Å²) in [5, 5.41) is 5.43. The van der Waals surface area contributed by atoms with Crippen LogP contribution < -0.4 is 14.5 Å². The van der Waals surface area contributed by atoms with Crippen molar-refractivity contribution in [2.75, 3.05) is 16.9 Å². The molecule has 5 rings (SSSR count). The van der Waals surface area contributed by atoms with Gasteiger partial charge in [0.2, 0.25) is 0 Å². The smallest absolute Gasteiger partial charge is 0.334 e. The van der Waals surface area contributed by atoms with E-state index >= 15 is 0 Å². The van der Waals surface area contributed by atoms with Gasteiger partial charge in [-0.3, -0.25) is 19.5 Å². The number of anilines is 3. The molecular formula is C25H25N5O2. The van der Waals surface area contributed by atoms with Crippen molar-refractivity contribution in [3.8, 4) is 5.75 Å². The molecule has 0 fully saturated rings. The molecule has 32 heavy (non-hydrogen) atoms. The number of fused-ring (bicyclic) bond motifs is 2. The van der Waals surface area contributed by atoms with Gasteiger partial charge in [0, 0.05) is 30.5 Å². The highest BCUT2D eigenvalue weighted by atomic mass is 16.5. The Kier molecular flexibility index (Phi) is 5.01. The second-order valence-corrected chi connectivity index (χ2v) is 8.01. The molecule has 0 N–H and O–H groups in total. The predicted molar refractivity (Wildman–Crippen MR) is 126 cm³/mol. The van der Waals surface area contributed by atoms with Crippen molar-refractivity contribution in [1.29, 1.82) is 0 Å². The Labute approximate surface area is 186 Å². The summed E-state index contributed by atoms with van der Waals surface area (Å²) >= 11 is 0. The van der Waals surface area contributed by atoms with Crippen LogP contribution in [0.1, 0.15) is 24.6 Å². The fraction of sp³-hybridized carbons (Fsp3) is 0.240. The van der Waals surface area contributed by atoms with Gasteiger partial charge in [0.05, 0.1) is 36.2 Å². The standard InChI is InChI=1S/C25H25N5O2/c1-4-5-17-12-24-23(26-14-17)16-29(20-8-11-22-18(13-20)15-28(2)27-22)25(31)30(24)19-6-9-21(32-3)10-7-19/h6-15H,4-5,16H2,1-3H3. The number of carbonyl (C=O) groups excluding carboxylic acids is 1. The molecule has 7 nitrogen and oxygen atoms in total. The molecular weight excluding hydrogens is 402 g/mol. The van der Waals surface area contributed by atoms with Crippen LogP contribution >= 0.6 is 0 Å². The number of benzene rings is 2. The number of urea groups is 1. The SMILES string of the molecule is CCCc1cnc2c(c1)N(c1ccc(OC)cc1)C(=O)N(c1ccc3nn(C)cc3c1)C2. The number of hydrogen-bond acceptors (Lipinski definition) is 4. The van der Waals surface area contributed by atoms with E-state index in [4.69, 9.17) is 9.72 Å². The lowest BCUT2D eigenvalue weighted by Gasteiger charge is -2.36. The summed E-state index contributed by atoms with van der Waals surface area (Å²) in [5.74, 6) is 0.746. The van der Waals surface area contributed by atoms with Gasteiger partial charge in [-0.15, -0.1) is 0 Å². The van der Waals surface area contributed by atoms with Crippen LogP contribution in [0.25, 0.3) is 10.9 Å². The Morgan fingerprint density at radius 3 is 2.59 bits per heavy atom. The van der Waals surface area contributed by atoms with Crippen LogP contribution in [0.4, 0.5) is 21.9 Å². The fourth-order valence-corrected chi connectivity index (χ4v) is 4.19. The first-order chi connectivity index (χ1) is 15.6. The maximum atomic E-state index is 13.8. The summed E-state index contributed by atoms with van der Waals surface area (Å²) < 4.78 is 7.08. The molecule has 2 amide bonds. The van der Waals surface area contributed by atoms with E-state index in [-0.39, 0.29) is 6.03 Å². The van der Waals surface area contributed by atoms with Crippen molar-refractivity contribution in [1.82, 2.24) is 14.8 Å². The molecule has 0 atom stereocenters. The lowest BCUT2D eigenvalue weighted by atomic mass is 10.1. The van der Waals surface area contributed by atoms with Crippen LogP contribution in [-0.2, 0) is 20.0 Å². The van der Waals surface area contributed by atoms with Gasteiger partial charge >= 0.3 is 6.03 Å². The average molecular weight is 428 g/mol. The fourth-order valence-electron chi connectivity index (χ4n) is 4.19. The first kappa shape index (κ1) is 20.1. The maximum Gasteiger partial charge on any atom is 0.334 e. The molecule has 7 heteroatoms. The third-order valence-corrected chi connectivity index (χ3v) is 5.76. The Morgan fingerprint density at radius 2 is 1.84 bits per heavy atom. The van der Waals surface area contributed by atoms with Crippen molar-refractivity contribution in [2.24, 2.45) is 7.05 Å². The number of carbonyl (C=O) groups is 1. The molecule has 162 valence electrons. The summed E-state index contributed by atoms with van der Waals surface area (Å²) in [7, 11) is 3.53. The second-order valence-electron chi connectivity index (χ2n) is 8.01. The van der Waals surface area contributed by atoms with Crippen LogP contribution in [-0.4, -0.2) is 27.9 Å². The van der Waals surface area contributed by atoms with Crippen LogP contribution in [0, 0.1) is 0 Å². The lowest BCUT2D eigenvalue weighted by molar-refractivity contribution is 0.252. The molecule has 0 radical (unpaired) electrons. The molecule has 4 aromatic rings. The molecule has 0 aliphatic carbocycles. The van der Waals surface area contributed by atoms with E-state index in [2.05, 4.69) is 18.1 Å². The van der Waals surface area contributed by atoms with Crippen molar-refractivity contribution in [2.45, 2.75) is 26.3 Å². The average Bonchev–Trinajstić information content (AvgIpc) is 3.18. The Balaban J connectivity index is 1.62. The molecule has 0 bridgehead atoms. The second kappa shape index (κ2) is 8.00. The molecule has 2 aromatic heterocycles. The Bertz CT molecular complexity index is 1300. The number of hydrogen-bond donors (Lipinski definition) is 0. The number of aromatic nitrogens is 3. The van der Waals surface area contributed by atoms with Gasteiger partial charge in [0.25, 0.3) is 0 Å². The molecule has 0 saturated carbocycles. The van der Waals surface area contributed by atoms with E-state index in [0.29, 0.717) is 6.54 Å². The summed E-state index contributed by atoms with van der Waals surface area (Å²) in [6, 6.07) is 15.4. The molecule has 3 heterocycles. The van der Waals surface area contributed by atoms with Crippen molar-refractivity contribution < 1.29 is 9.53 Å². The van der Waals surface area contributed by atoms with Crippen LogP contribution in [0.15, 0.2) is 60.9 Å². The van der Waals surface area contributed by atoms with Crippen LogP contribution in [0.2, 0.25) is 0 Å². The summed E-state index contributed by atoms with van der Waals surface area (Å²) in [6.07, 6.45) is 5.82. The number of amides is 2. The van der Waals surface area contributed by atoms with E-state index in [1.54, 1.807) is 21.6 Å². The number of pyridine rings is 1. The van der Waals surface area contributed by atoms with Crippen molar-refractivity contribution in [3.05, 3.63) is 72.2 Å². The van der Waals surface area contributed by atoms with Crippen molar-refractivity contribution >= 4 is 34.0 Å². The molecule has 2 aromatic carbocycles. The van der Waals surface area contributed by atoms with E-state index in [9.17, 15) is 4.79 Å². The van der Waals surface area contributed by atoms with Gasteiger partial charge in [-0.05, 0) is 60.5 Å². The Hall–Kier alpha value is -3.87. The van der Waals surface area contributed by atoms with Crippen LogP contribution in [0.5, 0.6) is 5.75 Å². The summed E-state index contributed by atoms with van der Waals surface area (Å²) in [5.41, 5.74) is 5.33. The number of ether oxygens (including phenoxy) is 1.